The molecular weight excluding hydrogens is 388 g/mol. The molecule has 5 nitrogen and oxygen atoms in total. The maximum Gasteiger partial charge on any atom is 0.338 e. The second-order valence-electron chi connectivity index (χ2n) is 7.16. The molecule has 6 heteroatoms. The maximum atomic E-state index is 12.6. The van der Waals surface area contributed by atoms with Gasteiger partial charge >= 0.3 is 5.97 Å². The van der Waals surface area contributed by atoms with Gasteiger partial charge in [-0.05, 0) is 68.3 Å². The number of aryl methyl sites for hydroxylation is 1. The van der Waals surface area contributed by atoms with Gasteiger partial charge < -0.3 is 9.64 Å². The Bertz CT molecular complexity index is 813. The standard InChI is InChI=1S/C23H27ClN2O3/c1-2-29-23(28)20-7-5-18(6-8-20)4-3-13-25-14-16-26(17-15-25)22(27)19-9-11-21(24)12-10-19/h5-12H,2-4,13-17H2,1H3. The van der Waals surface area contributed by atoms with Crippen LogP contribution < -0.4 is 0 Å². The molecule has 1 saturated heterocycles. The maximum absolute atomic E-state index is 12.6. The predicted octanol–water partition coefficient (Wildman–Crippen LogP) is 3.91. The van der Waals surface area contributed by atoms with Crippen molar-refractivity contribution in [1.82, 2.24) is 9.80 Å². The Hall–Kier alpha value is -2.37. The van der Waals surface area contributed by atoms with Gasteiger partial charge in [-0.3, -0.25) is 9.69 Å². The molecule has 0 bridgehead atoms. The molecule has 2 aromatic rings. The number of benzene rings is 2. The number of esters is 1. The van der Waals surface area contributed by atoms with Crippen LogP contribution in [0.2, 0.25) is 5.02 Å². The summed E-state index contributed by atoms with van der Waals surface area (Å²) in [6, 6.07) is 14.7. The van der Waals surface area contributed by atoms with Crippen LogP contribution in [0.15, 0.2) is 48.5 Å². The molecule has 1 amide bonds. The average molecular weight is 415 g/mol. The number of hydrogen-bond donors (Lipinski definition) is 0. The number of ether oxygens (including phenoxy) is 1. The van der Waals surface area contributed by atoms with E-state index in [1.165, 1.54) is 5.56 Å². The van der Waals surface area contributed by atoms with Crippen LogP contribution in [0.4, 0.5) is 0 Å². The second kappa shape index (κ2) is 10.4. The molecule has 0 atom stereocenters. The lowest BCUT2D eigenvalue weighted by Gasteiger charge is -2.34. The van der Waals surface area contributed by atoms with E-state index in [9.17, 15) is 9.59 Å². The quantitative estimate of drug-likeness (QED) is 0.644. The lowest BCUT2D eigenvalue weighted by atomic mass is 10.1. The lowest BCUT2D eigenvalue weighted by molar-refractivity contribution is 0.0526. The Balaban J connectivity index is 1.39. The molecule has 2 aromatic carbocycles. The molecule has 0 unspecified atom stereocenters. The van der Waals surface area contributed by atoms with E-state index >= 15 is 0 Å². The van der Waals surface area contributed by atoms with E-state index < -0.39 is 0 Å². The largest absolute Gasteiger partial charge is 0.462 e. The highest BCUT2D eigenvalue weighted by Crippen LogP contribution is 2.14. The summed E-state index contributed by atoms with van der Waals surface area (Å²) in [5, 5.41) is 0.641. The number of halogens is 1. The van der Waals surface area contributed by atoms with E-state index in [0.717, 1.165) is 45.6 Å². The molecule has 1 heterocycles. The average Bonchev–Trinajstić information content (AvgIpc) is 2.75. The minimum absolute atomic E-state index is 0.0722. The SMILES string of the molecule is CCOC(=O)c1ccc(CCCN2CCN(C(=O)c3ccc(Cl)cc3)CC2)cc1. The number of rotatable bonds is 7. The molecule has 1 aliphatic heterocycles. The van der Waals surface area contributed by atoms with E-state index in [2.05, 4.69) is 4.90 Å². The fourth-order valence-electron chi connectivity index (χ4n) is 3.48. The molecule has 0 saturated carbocycles. The van der Waals surface area contributed by atoms with Gasteiger partial charge in [0.2, 0.25) is 0 Å². The van der Waals surface area contributed by atoms with Gasteiger partial charge in [0, 0.05) is 36.8 Å². The van der Waals surface area contributed by atoms with Crippen molar-refractivity contribution in [2.24, 2.45) is 0 Å². The first kappa shape index (κ1) is 21.3. The molecule has 1 fully saturated rings. The fraction of sp³-hybridized carbons (Fsp3) is 0.391. The van der Waals surface area contributed by atoms with E-state index in [1.807, 2.05) is 29.2 Å². The highest BCUT2D eigenvalue weighted by molar-refractivity contribution is 6.30. The van der Waals surface area contributed by atoms with Crippen LogP contribution in [-0.2, 0) is 11.2 Å². The number of hydrogen-bond acceptors (Lipinski definition) is 4. The van der Waals surface area contributed by atoms with Gasteiger partial charge in [-0.1, -0.05) is 23.7 Å². The predicted molar refractivity (Wildman–Crippen MR) is 115 cm³/mol. The molecule has 0 radical (unpaired) electrons. The van der Waals surface area contributed by atoms with E-state index in [1.54, 1.807) is 31.2 Å². The van der Waals surface area contributed by atoms with E-state index in [0.29, 0.717) is 22.8 Å². The first-order chi connectivity index (χ1) is 14.1. The van der Waals surface area contributed by atoms with Gasteiger partial charge in [0.15, 0.2) is 0 Å². The third-order valence-electron chi connectivity index (χ3n) is 5.16. The highest BCUT2D eigenvalue weighted by Gasteiger charge is 2.21. The van der Waals surface area contributed by atoms with Crippen molar-refractivity contribution in [3.8, 4) is 0 Å². The van der Waals surface area contributed by atoms with Gasteiger partial charge in [-0.15, -0.1) is 0 Å². The number of carbonyl (C=O) groups is 2. The van der Waals surface area contributed by atoms with Crippen LogP contribution in [0, 0.1) is 0 Å². The minimum atomic E-state index is -0.273. The van der Waals surface area contributed by atoms with Crippen molar-refractivity contribution in [3.05, 3.63) is 70.2 Å². The van der Waals surface area contributed by atoms with E-state index in [-0.39, 0.29) is 11.9 Å². The third kappa shape index (κ3) is 6.05. The van der Waals surface area contributed by atoms with Crippen molar-refractivity contribution < 1.29 is 14.3 Å². The topological polar surface area (TPSA) is 49.9 Å². The first-order valence-electron chi connectivity index (χ1n) is 10.1. The number of carbonyl (C=O) groups excluding carboxylic acids is 2. The zero-order chi connectivity index (χ0) is 20.6. The Kier molecular flexibility index (Phi) is 7.67. The lowest BCUT2D eigenvalue weighted by Crippen LogP contribution is -2.48. The second-order valence-corrected chi connectivity index (χ2v) is 7.60. The van der Waals surface area contributed by atoms with E-state index in [4.69, 9.17) is 16.3 Å². The molecule has 0 N–H and O–H groups in total. The number of nitrogens with zero attached hydrogens (tertiary/aromatic N) is 2. The van der Waals surface area contributed by atoms with Gasteiger partial charge in [-0.2, -0.15) is 0 Å². The van der Waals surface area contributed by atoms with Crippen LogP contribution >= 0.6 is 11.6 Å². The fourth-order valence-corrected chi connectivity index (χ4v) is 3.60. The zero-order valence-electron chi connectivity index (χ0n) is 16.8. The summed E-state index contributed by atoms with van der Waals surface area (Å²) in [4.78, 5) is 28.6. The molecule has 0 aromatic heterocycles. The summed E-state index contributed by atoms with van der Waals surface area (Å²) in [7, 11) is 0. The van der Waals surface area contributed by atoms with Crippen LogP contribution in [0.1, 0.15) is 39.6 Å². The third-order valence-corrected chi connectivity index (χ3v) is 5.41. The summed E-state index contributed by atoms with van der Waals surface area (Å²) in [5.41, 5.74) is 2.50. The Morgan fingerprint density at radius 3 is 2.17 bits per heavy atom. The van der Waals surface area contributed by atoms with Crippen LogP contribution in [0.25, 0.3) is 0 Å². The Morgan fingerprint density at radius 1 is 0.931 bits per heavy atom. The van der Waals surface area contributed by atoms with Crippen molar-refractivity contribution in [2.45, 2.75) is 19.8 Å². The van der Waals surface area contributed by atoms with Crippen molar-refractivity contribution in [1.29, 1.82) is 0 Å². The summed E-state index contributed by atoms with van der Waals surface area (Å²) < 4.78 is 5.01. The summed E-state index contributed by atoms with van der Waals surface area (Å²) >= 11 is 5.90. The smallest absolute Gasteiger partial charge is 0.338 e. The normalized spacial score (nSPS) is 14.6. The molecule has 0 aliphatic carbocycles. The van der Waals surface area contributed by atoms with Crippen LogP contribution in [0.5, 0.6) is 0 Å². The highest BCUT2D eigenvalue weighted by atomic mass is 35.5. The molecule has 3 rings (SSSR count). The summed E-state index contributed by atoms with van der Waals surface area (Å²) in [6.45, 7) is 6.47. The minimum Gasteiger partial charge on any atom is -0.462 e. The number of piperazine rings is 1. The van der Waals surface area contributed by atoms with Crippen molar-refractivity contribution in [3.63, 3.8) is 0 Å². The van der Waals surface area contributed by atoms with Gasteiger partial charge in [-0.25, -0.2) is 4.79 Å². The van der Waals surface area contributed by atoms with Crippen molar-refractivity contribution in [2.75, 3.05) is 39.3 Å². The Morgan fingerprint density at radius 2 is 1.55 bits per heavy atom. The van der Waals surface area contributed by atoms with Crippen LogP contribution in [0.3, 0.4) is 0 Å². The van der Waals surface area contributed by atoms with Gasteiger partial charge in [0.05, 0.1) is 12.2 Å². The summed E-state index contributed by atoms with van der Waals surface area (Å²) in [5.74, 6) is -0.201. The molecule has 154 valence electrons. The molecule has 1 aliphatic rings. The van der Waals surface area contributed by atoms with Gasteiger partial charge in [0.25, 0.3) is 5.91 Å². The molecular formula is C23H27ClN2O3. The molecule has 29 heavy (non-hydrogen) atoms. The first-order valence-corrected chi connectivity index (χ1v) is 10.5. The zero-order valence-corrected chi connectivity index (χ0v) is 17.5. The van der Waals surface area contributed by atoms with Crippen LogP contribution in [-0.4, -0.2) is 61.0 Å². The molecule has 0 spiro atoms. The van der Waals surface area contributed by atoms with Gasteiger partial charge in [0.1, 0.15) is 0 Å². The number of amides is 1. The summed E-state index contributed by atoms with van der Waals surface area (Å²) in [6.07, 6.45) is 2.01. The monoisotopic (exact) mass is 414 g/mol. The van der Waals surface area contributed by atoms with Crippen molar-refractivity contribution >= 4 is 23.5 Å². The Labute approximate surface area is 177 Å².